The van der Waals surface area contributed by atoms with Gasteiger partial charge in [-0.05, 0) is 12.0 Å². The second-order valence-electron chi connectivity index (χ2n) is 6.38. The first-order valence-electron chi connectivity index (χ1n) is 8.42. The zero-order chi connectivity index (χ0) is 18.5. The van der Waals surface area contributed by atoms with Gasteiger partial charge in [-0.2, -0.15) is 0 Å². The number of benzene rings is 1. The van der Waals surface area contributed by atoms with Crippen molar-refractivity contribution in [1.29, 1.82) is 0 Å². The molecule has 0 radical (unpaired) electrons. The Morgan fingerprint density at radius 2 is 2.00 bits per heavy atom. The second-order valence-corrected chi connectivity index (χ2v) is 6.38. The number of carbonyl (C=O) groups excluding carboxylic acids is 1. The van der Waals surface area contributed by atoms with E-state index < -0.39 is 10.5 Å². The largest absolute Gasteiger partial charge is 0.350 e. The van der Waals surface area contributed by atoms with Crippen molar-refractivity contribution in [2.45, 2.75) is 25.6 Å². The molecular weight excluding hydrogens is 336 g/mol. The van der Waals surface area contributed by atoms with Crippen LogP contribution in [0.2, 0.25) is 0 Å². The highest BCUT2D eigenvalue weighted by Gasteiger charge is 2.24. The molecular formula is C18H20N4O4. The van der Waals surface area contributed by atoms with Gasteiger partial charge in [0, 0.05) is 37.8 Å². The summed E-state index contributed by atoms with van der Waals surface area (Å²) in [6.07, 6.45) is 1.93. The van der Waals surface area contributed by atoms with Gasteiger partial charge >= 0.3 is 0 Å². The third-order valence-corrected chi connectivity index (χ3v) is 4.38. The minimum atomic E-state index is -0.591. The molecule has 0 unspecified atom stereocenters. The molecule has 1 N–H and O–H groups in total. The molecule has 136 valence electrons. The van der Waals surface area contributed by atoms with Crippen molar-refractivity contribution in [3.8, 4) is 0 Å². The van der Waals surface area contributed by atoms with Gasteiger partial charge in [0.25, 0.3) is 11.2 Å². The van der Waals surface area contributed by atoms with Gasteiger partial charge < -0.3 is 5.32 Å². The summed E-state index contributed by atoms with van der Waals surface area (Å²) in [5, 5.41) is 13.7. The molecule has 2 heterocycles. The summed E-state index contributed by atoms with van der Waals surface area (Å²) < 4.78 is 1.06. The van der Waals surface area contributed by atoms with Crippen LogP contribution >= 0.6 is 0 Å². The number of nitrogens with one attached hydrogen (secondary N) is 1. The molecule has 1 aliphatic heterocycles. The number of amides is 1. The number of hydrogen-bond donors (Lipinski definition) is 1. The summed E-state index contributed by atoms with van der Waals surface area (Å²) in [7, 11) is 0. The lowest BCUT2D eigenvalue weighted by atomic mass is 10.2. The zero-order valence-corrected chi connectivity index (χ0v) is 14.2. The average molecular weight is 356 g/mol. The van der Waals surface area contributed by atoms with Crippen LogP contribution in [-0.4, -0.2) is 39.4 Å². The summed E-state index contributed by atoms with van der Waals surface area (Å²) in [5.41, 5.74) is 0.567. The Morgan fingerprint density at radius 3 is 2.73 bits per heavy atom. The number of nitro groups is 1. The van der Waals surface area contributed by atoms with E-state index in [1.165, 1.54) is 5.56 Å². The molecule has 1 atom stereocenters. The first-order chi connectivity index (χ1) is 12.5. The topological polar surface area (TPSA) is 97.5 Å². The fourth-order valence-electron chi connectivity index (χ4n) is 3.11. The second kappa shape index (κ2) is 7.92. The molecule has 1 amide bonds. The number of carbonyl (C=O) groups is 1. The van der Waals surface area contributed by atoms with Crippen LogP contribution < -0.4 is 10.9 Å². The first-order valence-corrected chi connectivity index (χ1v) is 8.42. The van der Waals surface area contributed by atoms with Gasteiger partial charge in [-0.15, -0.1) is 0 Å². The molecule has 0 spiro atoms. The van der Waals surface area contributed by atoms with Crippen LogP contribution in [0.25, 0.3) is 0 Å². The molecule has 0 aliphatic carbocycles. The zero-order valence-electron chi connectivity index (χ0n) is 14.2. The summed E-state index contributed by atoms with van der Waals surface area (Å²) in [6, 6.07) is 12.4. The van der Waals surface area contributed by atoms with Gasteiger partial charge in [0.05, 0.1) is 11.1 Å². The molecule has 8 nitrogen and oxygen atoms in total. The molecule has 0 bridgehead atoms. The van der Waals surface area contributed by atoms with E-state index in [2.05, 4.69) is 22.3 Å². The highest BCUT2D eigenvalue weighted by Crippen LogP contribution is 2.13. The monoisotopic (exact) mass is 356 g/mol. The van der Waals surface area contributed by atoms with E-state index in [0.29, 0.717) is 0 Å². The Hall–Kier alpha value is -3.00. The third-order valence-electron chi connectivity index (χ3n) is 4.38. The van der Waals surface area contributed by atoms with Crippen molar-refractivity contribution in [3.63, 3.8) is 0 Å². The number of hydrogen-bond acceptors (Lipinski definition) is 5. The maximum absolute atomic E-state index is 12.2. The highest BCUT2D eigenvalue weighted by atomic mass is 16.6. The fourth-order valence-corrected chi connectivity index (χ4v) is 3.11. The van der Waals surface area contributed by atoms with Crippen molar-refractivity contribution >= 4 is 11.6 Å². The standard InChI is InChI=1S/C18H20N4O4/c23-17(13-21-12-16(22(25)26)6-7-18(21)24)19-15-8-9-20(11-15)10-14-4-2-1-3-5-14/h1-7,12,15H,8-11,13H2,(H,19,23)/t15-/m0/s1. The number of likely N-dealkylation sites (tertiary alicyclic amines) is 1. The minimum Gasteiger partial charge on any atom is -0.350 e. The van der Waals surface area contributed by atoms with Gasteiger partial charge in [-0.1, -0.05) is 30.3 Å². The summed E-state index contributed by atoms with van der Waals surface area (Å²) in [4.78, 5) is 36.5. The van der Waals surface area contributed by atoms with Crippen LogP contribution in [0.5, 0.6) is 0 Å². The van der Waals surface area contributed by atoms with E-state index >= 15 is 0 Å². The lowest BCUT2D eigenvalue weighted by Gasteiger charge is -2.17. The van der Waals surface area contributed by atoms with Crippen molar-refractivity contribution in [2.24, 2.45) is 0 Å². The van der Waals surface area contributed by atoms with Gasteiger partial charge in [-0.25, -0.2) is 0 Å². The smallest absolute Gasteiger partial charge is 0.285 e. The van der Waals surface area contributed by atoms with E-state index in [4.69, 9.17) is 0 Å². The predicted octanol–water partition coefficient (Wildman–Crippen LogP) is 1.15. The SMILES string of the molecule is O=C(Cn1cc([N+](=O)[O-])ccc1=O)N[C@H]1CCN(Cc2ccccc2)C1. The van der Waals surface area contributed by atoms with Gasteiger partial charge in [0.15, 0.2) is 0 Å². The van der Waals surface area contributed by atoms with Crippen molar-refractivity contribution in [1.82, 2.24) is 14.8 Å². The van der Waals surface area contributed by atoms with Crippen LogP contribution in [0.15, 0.2) is 53.5 Å². The molecule has 0 saturated carbocycles. The van der Waals surface area contributed by atoms with Crippen molar-refractivity contribution in [3.05, 3.63) is 74.7 Å². The van der Waals surface area contributed by atoms with Gasteiger partial charge in [0.2, 0.25) is 5.91 Å². The van der Waals surface area contributed by atoms with Crippen molar-refractivity contribution in [2.75, 3.05) is 13.1 Å². The van der Waals surface area contributed by atoms with Gasteiger partial charge in [0.1, 0.15) is 6.54 Å². The van der Waals surface area contributed by atoms with Crippen LogP contribution in [0.3, 0.4) is 0 Å². The maximum atomic E-state index is 12.2. The molecule has 1 aromatic heterocycles. The molecule has 8 heteroatoms. The Balaban J connectivity index is 1.54. The summed E-state index contributed by atoms with van der Waals surface area (Å²) >= 11 is 0. The molecule has 1 fully saturated rings. The van der Waals surface area contributed by atoms with E-state index in [1.54, 1.807) is 0 Å². The van der Waals surface area contributed by atoms with Gasteiger partial charge in [-0.3, -0.25) is 29.2 Å². The Labute approximate surface area is 150 Å². The maximum Gasteiger partial charge on any atom is 0.285 e. The average Bonchev–Trinajstić information content (AvgIpc) is 3.04. The Morgan fingerprint density at radius 1 is 1.23 bits per heavy atom. The normalized spacial score (nSPS) is 17.2. The molecule has 3 rings (SSSR count). The van der Waals surface area contributed by atoms with E-state index in [0.717, 1.165) is 49.0 Å². The molecule has 1 aliphatic rings. The Kier molecular flexibility index (Phi) is 5.43. The summed E-state index contributed by atoms with van der Waals surface area (Å²) in [5.74, 6) is -0.320. The number of aromatic nitrogens is 1. The molecule has 26 heavy (non-hydrogen) atoms. The lowest BCUT2D eigenvalue weighted by Crippen LogP contribution is -2.40. The molecule has 1 saturated heterocycles. The third kappa shape index (κ3) is 4.54. The molecule has 2 aromatic rings. The van der Waals surface area contributed by atoms with E-state index in [-0.39, 0.29) is 24.2 Å². The molecule has 1 aromatic carbocycles. The first kappa shape index (κ1) is 17.8. The quantitative estimate of drug-likeness (QED) is 0.618. The Bertz CT molecular complexity index is 850. The van der Waals surface area contributed by atoms with Crippen LogP contribution in [0.4, 0.5) is 5.69 Å². The van der Waals surface area contributed by atoms with Crippen LogP contribution in [0, 0.1) is 10.1 Å². The fraction of sp³-hybridized carbons (Fsp3) is 0.333. The lowest BCUT2D eigenvalue weighted by molar-refractivity contribution is -0.385. The van der Waals surface area contributed by atoms with E-state index in [1.807, 2.05) is 18.2 Å². The number of pyridine rings is 1. The minimum absolute atomic E-state index is 0.0145. The van der Waals surface area contributed by atoms with E-state index in [9.17, 15) is 19.7 Å². The van der Waals surface area contributed by atoms with Crippen LogP contribution in [-0.2, 0) is 17.9 Å². The predicted molar refractivity (Wildman–Crippen MR) is 95.6 cm³/mol. The highest BCUT2D eigenvalue weighted by molar-refractivity contribution is 5.76. The number of nitrogens with zero attached hydrogens (tertiary/aromatic N) is 3. The van der Waals surface area contributed by atoms with Crippen molar-refractivity contribution < 1.29 is 9.72 Å². The number of rotatable bonds is 6. The van der Waals surface area contributed by atoms with Crippen LogP contribution in [0.1, 0.15) is 12.0 Å². The summed E-state index contributed by atoms with van der Waals surface area (Å²) in [6.45, 7) is 2.23.